The Hall–Kier alpha value is -3.48. The fourth-order valence-corrected chi connectivity index (χ4v) is 2.55. The van der Waals surface area contributed by atoms with Gasteiger partial charge in [0, 0.05) is 18.8 Å². The smallest absolute Gasteiger partial charge is 0.273 e. The first-order chi connectivity index (χ1) is 12.2. The molecule has 0 aliphatic carbocycles. The Morgan fingerprint density at radius 3 is 2.84 bits per heavy atom. The van der Waals surface area contributed by atoms with Gasteiger partial charge in [-0.2, -0.15) is 0 Å². The van der Waals surface area contributed by atoms with Gasteiger partial charge in [-0.15, -0.1) is 0 Å². The van der Waals surface area contributed by atoms with E-state index >= 15 is 0 Å². The van der Waals surface area contributed by atoms with Crippen molar-refractivity contribution in [2.24, 2.45) is 0 Å². The summed E-state index contributed by atoms with van der Waals surface area (Å²) >= 11 is 0. The average molecular weight is 333 g/mol. The Kier molecular flexibility index (Phi) is 3.74. The molecule has 0 saturated carbocycles. The number of nitrogens with zero attached hydrogens (tertiary/aromatic N) is 4. The van der Waals surface area contributed by atoms with Crippen molar-refractivity contribution in [3.05, 3.63) is 72.0 Å². The summed E-state index contributed by atoms with van der Waals surface area (Å²) < 4.78 is 6.82. The molecule has 25 heavy (non-hydrogen) atoms. The van der Waals surface area contributed by atoms with Crippen molar-refractivity contribution in [1.29, 1.82) is 0 Å². The summed E-state index contributed by atoms with van der Waals surface area (Å²) in [5, 5.41) is 6.48. The van der Waals surface area contributed by atoms with E-state index < -0.39 is 0 Å². The Bertz CT molecular complexity index is 1030. The molecule has 1 aromatic carbocycles. The molecule has 3 aromatic heterocycles. The predicted molar refractivity (Wildman–Crippen MR) is 91.3 cm³/mol. The fraction of sp³-hybridized carbons (Fsp3) is 0.111. The van der Waals surface area contributed by atoms with E-state index in [2.05, 4.69) is 20.4 Å². The lowest BCUT2D eigenvalue weighted by molar-refractivity contribution is 0.0942. The lowest BCUT2D eigenvalue weighted by Gasteiger charge is -2.06. The molecule has 0 aliphatic rings. The number of amides is 1. The van der Waals surface area contributed by atoms with Crippen LogP contribution < -0.4 is 5.32 Å². The number of carbonyl (C=O) groups is 1. The van der Waals surface area contributed by atoms with E-state index in [4.69, 9.17) is 4.52 Å². The van der Waals surface area contributed by atoms with Gasteiger partial charge in [0.1, 0.15) is 17.9 Å². The number of hydrogen-bond donors (Lipinski definition) is 1. The highest BCUT2D eigenvalue weighted by molar-refractivity contribution is 5.92. The van der Waals surface area contributed by atoms with E-state index in [1.54, 1.807) is 25.5 Å². The molecule has 1 N–H and O–H groups in total. The van der Waals surface area contributed by atoms with Gasteiger partial charge >= 0.3 is 0 Å². The summed E-state index contributed by atoms with van der Waals surface area (Å²) in [5.41, 5.74) is 3.08. The number of benzene rings is 1. The molecule has 0 bridgehead atoms. The lowest BCUT2D eigenvalue weighted by Crippen LogP contribution is -2.23. The van der Waals surface area contributed by atoms with Gasteiger partial charge in [-0.25, -0.2) is 9.97 Å². The van der Waals surface area contributed by atoms with E-state index in [0.29, 0.717) is 12.3 Å². The number of imidazole rings is 1. The third-order valence-electron chi connectivity index (χ3n) is 3.82. The molecule has 0 aliphatic heterocycles. The minimum absolute atomic E-state index is 0.270. The van der Waals surface area contributed by atoms with Crippen LogP contribution in [0.3, 0.4) is 0 Å². The number of pyridine rings is 1. The predicted octanol–water partition coefficient (Wildman–Crippen LogP) is 2.65. The standard InChI is InChI=1S/C18H15N5O2/c1-12-8-15(22-25-12)18(24)20-10-13-6-7-17(19-9-13)23-11-21-14-4-2-3-5-16(14)23/h2-9,11H,10H2,1H3,(H,20,24). The minimum atomic E-state index is -0.276. The van der Waals surface area contributed by atoms with Gasteiger partial charge in [-0.1, -0.05) is 23.4 Å². The lowest BCUT2D eigenvalue weighted by atomic mass is 10.2. The zero-order valence-electron chi connectivity index (χ0n) is 13.5. The van der Waals surface area contributed by atoms with E-state index in [0.717, 1.165) is 22.4 Å². The second-order valence-corrected chi connectivity index (χ2v) is 5.63. The fourth-order valence-electron chi connectivity index (χ4n) is 2.55. The second kappa shape index (κ2) is 6.20. The topological polar surface area (TPSA) is 85.8 Å². The molecule has 4 rings (SSSR count). The van der Waals surface area contributed by atoms with E-state index in [9.17, 15) is 4.79 Å². The number of rotatable bonds is 4. The summed E-state index contributed by atoms with van der Waals surface area (Å²) in [5.74, 6) is 1.10. The molecular formula is C18H15N5O2. The number of nitrogens with one attached hydrogen (secondary N) is 1. The summed E-state index contributed by atoms with van der Waals surface area (Å²) in [7, 11) is 0. The molecular weight excluding hydrogens is 318 g/mol. The van der Waals surface area contributed by atoms with Gasteiger partial charge in [-0.3, -0.25) is 9.36 Å². The quantitative estimate of drug-likeness (QED) is 0.620. The van der Waals surface area contributed by atoms with Gasteiger partial charge in [-0.05, 0) is 30.7 Å². The van der Waals surface area contributed by atoms with Crippen LogP contribution in [-0.2, 0) is 6.54 Å². The van der Waals surface area contributed by atoms with Crippen molar-refractivity contribution in [1.82, 2.24) is 25.0 Å². The highest BCUT2D eigenvalue weighted by atomic mass is 16.5. The monoisotopic (exact) mass is 333 g/mol. The normalized spacial score (nSPS) is 10.9. The Labute approximate surface area is 143 Å². The number of aromatic nitrogens is 4. The maximum atomic E-state index is 12.0. The number of hydrogen-bond acceptors (Lipinski definition) is 5. The van der Waals surface area contributed by atoms with Crippen molar-refractivity contribution in [2.45, 2.75) is 13.5 Å². The molecule has 124 valence electrons. The Morgan fingerprint density at radius 2 is 2.08 bits per heavy atom. The second-order valence-electron chi connectivity index (χ2n) is 5.63. The molecule has 0 unspecified atom stereocenters. The van der Waals surface area contributed by atoms with Crippen molar-refractivity contribution < 1.29 is 9.32 Å². The first-order valence-electron chi connectivity index (χ1n) is 7.79. The van der Waals surface area contributed by atoms with E-state index in [1.165, 1.54) is 0 Å². The highest BCUT2D eigenvalue weighted by Gasteiger charge is 2.10. The van der Waals surface area contributed by atoms with Crippen LogP contribution in [0.5, 0.6) is 0 Å². The Morgan fingerprint density at radius 1 is 1.20 bits per heavy atom. The van der Waals surface area contributed by atoms with Crippen LogP contribution in [0.15, 0.2) is 59.5 Å². The summed E-state index contributed by atoms with van der Waals surface area (Å²) in [6.07, 6.45) is 3.49. The molecule has 0 saturated heterocycles. The molecule has 7 heteroatoms. The molecule has 0 fully saturated rings. The highest BCUT2D eigenvalue weighted by Crippen LogP contribution is 2.16. The van der Waals surface area contributed by atoms with Gasteiger partial charge in [0.2, 0.25) is 0 Å². The third-order valence-corrected chi connectivity index (χ3v) is 3.82. The van der Waals surface area contributed by atoms with Crippen LogP contribution >= 0.6 is 0 Å². The largest absolute Gasteiger partial charge is 0.361 e. The summed E-state index contributed by atoms with van der Waals surface area (Å²) in [4.78, 5) is 20.8. The molecule has 3 heterocycles. The summed E-state index contributed by atoms with van der Waals surface area (Å²) in [6, 6.07) is 13.3. The molecule has 0 radical (unpaired) electrons. The number of carbonyl (C=O) groups excluding carboxylic acids is 1. The van der Waals surface area contributed by atoms with Crippen LogP contribution in [0, 0.1) is 6.92 Å². The zero-order valence-corrected chi connectivity index (χ0v) is 13.5. The average Bonchev–Trinajstić information content (AvgIpc) is 3.26. The van der Waals surface area contributed by atoms with Crippen LogP contribution in [0.2, 0.25) is 0 Å². The zero-order chi connectivity index (χ0) is 17.2. The number of fused-ring (bicyclic) bond motifs is 1. The van der Waals surface area contributed by atoms with Gasteiger partial charge in [0.05, 0.1) is 11.0 Å². The van der Waals surface area contributed by atoms with Crippen LogP contribution in [0.1, 0.15) is 21.8 Å². The SMILES string of the molecule is Cc1cc(C(=O)NCc2ccc(-n3cnc4ccccc43)nc2)no1. The molecule has 4 aromatic rings. The first kappa shape index (κ1) is 15.1. The molecule has 0 spiro atoms. The van der Waals surface area contributed by atoms with Crippen LogP contribution in [0.4, 0.5) is 0 Å². The Balaban J connectivity index is 1.48. The van der Waals surface area contributed by atoms with Crippen molar-refractivity contribution in [3.8, 4) is 5.82 Å². The molecule has 7 nitrogen and oxygen atoms in total. The van der Waals surface area contributed by atoms with Crippen molar-refractivity contribution in [3.63, 3.8) is 0 Å². The van der Waals surface area contributed by atoms with Crippen LogP contribution in [0.25, 0.3) is 16.9 Å². The van der Waals surface area contributed by atoms with Gasteiger partial charge < -0.3 is 9.84 Å². The van der Waals surface area contributed by atoms with Gasteiger partial charge in [0.25, 0.3) is 5.91 Å². The maximum Gasteiger partial charge on any atom is 0.273 e. The maximum absolute atomic E-state index is 12.0. The van der Waals surface area contributed by atoms with Gasteiger partial charge in [0.15, 0.2) is 5.69 Å². The minimum Gasteiger partial charge on any atom is -0.361 e. The van der Waals surface area contributed by atoms with E-state index in [1.807, 2.05) is 41.0 Å². The van der Waals surface area contributed by atoms with E-state index in [-0.39, 0.29) is 11.6 Å². The first-order valence-corrected chi connectivity index (χ1v) is 7.79. The third kappa shape index (κ3) is 2.99. The number of aryl methyl sites for hydroxylation is 1. The van der Waals surface area contributed by atoms with Crippen molar-refractivity contribution >= 4 is 16.9 Å². The summed E-state index contributed by atoms with van der Waals surface area (Å²) in [6.45, 7) is 2.11. The number of para-hydroxylation sites is 2. The van der Waals surface area contributed by atoms with Crippen molar-refractivity contribution in [2.75, 3.05) is 0 Å². The molecule has 1 amide bonds. The molecule has 0 atom stereocenters. The van der Waals surface area contributed by atoms with Crippen LogP contribution in [-0.4, -0.2) is 25.6 Å².